The molecule has 1 heterocycles. The lowest BCUT2D eigenvalue weighted by Crippen LogP contribution is -2.15. The number of hydrogen-bond acceptors (Lipinski definition) is 4. The molecular formula is C15H16FN3OS. The van der Waals surface area contributed by atoms with Gasteiger partial charge < -0.3 is 15.8 Å². The van der Waals surface area contributed by atoms with Gasteiger partial charge in [-0.05, 0) is 32.0 Å². The number of pyridine rings is 1. The second-order valence-electron chi connectivity index (χ2n) is 4.61. The van der Waals surface area contributed by atoms with E-state index in [1.807, 2.05) is 19.9 Å². The zero-order valence-electron chi connectivity index (χ0n) is 12.0. The molecule has 0 spiro atoms. The molecule has 0 aliphatic heterocycles. The van der Waals surface area contributed by atoms with Gasteiger partial charge in [-0.25, -0.2) is 4.39 Å². The van der Waals surface area contributed by atoms with Gasteiger partial charge in [0.05, 0.1) is 18.4 Å². The summed E-state index contributed by atoms with van der Waals surface area (Å²) in [4.78, 5) is 4.59. The van der Waals surface area contributed by atoms with E-state index in [2.05, 4.69) is 10.3 Å². The number of ether oxygens (including phenoxy) is 1. The Labute approximate surface area is 128 Å². The van der Waals surface area contributed by atoms with E-state index in [1.165, 1.54) is 13.2 Å². The lowest BCUT2D eigenvalue weighted by molar-refractivity contribution is 0.386. The number of hydrogen-bond donors (Lipinski definition) is 2. The monoisotopic (exact) mass is 305 g/mol. The minimum atomic E-state index is -0.443. The Kier molecular flexibility index (Phi) is 4.37. The molecule has 0 atom stereocenters. The summed E-state index contributed by atoms with van der Waals surface area (Å²) in [6.07, 6.45) is 0. The SMILES string of the molecule is COc1ccc(Nc2cc(C)nc(C)c2C(N)=S)cc1F. The third-order valence-electron chi connectivity index (χ3n) is 3.01. The molecule has 0 aliphatic rings. The van der Waals surface area contributed by atoms with Gasteiger partial charge >= 0.3 is 0 Å². The Morgan fingerprint density at radius 1 is 1.33 bits per heavy atom. The number of nitrogens with one attached hydrogen (secondary N) is 1. The predicted molar refractivity (Wildman–Crippen MR) is 85.8 cm³/mol. The Bertz CT molecular complexity index is 704. The molecular weight excluding hydrogens is 289 g/mol. The Morgan fingerprint density at radius 2 is 2.05 bits per heavy atom. The molecule has 4 nitrogen and oxygen atoms in total. The van der Waals surface area contributed by atoms with Crippen LogP contribution in [0.2, 0.25) is 0 Å². The van der Waals surface area contributed by atoms with Crippen LogP contribution in [0.1, 0.15) is 17.0 Å². The first-order valence-electron chi connectivity index (χ1n) is 6.31. The molecule has 21 heavy (non-hydrogen) atoms. The molecule has 1 aromatic heterocycles. The fourth-order valence-electron chi connectivity index (χ4n) is 2.14. The molecule has 0 fully saturated rings. The van der Waals surface area contributed by atoms with E-state index < -0.39 is 5.82 Å². The van der Waals surface area contributed by atoms with Crippen LogP contribution in [-0.4, -0.2) is 17.1 Å². The summed E-state index contributed by atoms with van der Waals surface area (Å²) in [7, 11) is 1.42. The third-order valence-corrected chi connectivity index (χ3v) is 3.21. The quantitative estimate of drug-likeness (QED) is 0.849. The summed E-state index contributed by atoms with van der Waals surface area (Å²) in [5.74, 6) is -0.251. The van der Waals surface area contributed by atoms with E-state index in [4.69, 9.17) is 22.7 Å². The van der Waals surface area contributed by atoms with Crippen molar-refractivity contribution in [3.8, 4) is 5.75 Å². The highest BCUT2D eigenvalue weighted by Crippen LogP contribution is 2.27. The Morgan fingerprint density at radius 3 is 2.62 bits per heavy atom. The zero-order valence-corrected chi connectivity index (χ0v) is 12.8. The number of methoxy groups -OCH3 is 1. The molecule has 0 radical (unpaired) electrons. The van der Waals surface area contributed by atoms with Crippen LogP contribution in [0.5, 0.6) is 5.75 Å². The summed E-state index contributed by atoms with van der Waals surface area (Å²) >= 11 is 5.07. The smallest absolute Gasteiger partial charge is 0.167 e. The number of rotatable bonds is 4. The molecule has 110 valence electrons. The van der Waals surface area contributed by atoms with Gasteiger partial charge in [-0.2, -0.15) is 0 Å². The number of nitrogens with two attached hydrogens (primary N) is 1. The molecule has 0 amide bonds. The lowest BCUT2D eigenvalue weighted by atomic mass is 10.1. The van der Waals surface area contributed by atoms with Gasteiger partial charge in [-0.1, -0.05) is 12.2 Å². The Balaban J connectivity index is 2.44. The van der Waals surface area contributed by atoms with Gasteiger partial charge in [0.2, 0.25) is 0 Å². The standard InChI is InChI=1S/C15H16FN3OS/c1-8-6-12(14(15(17)21)9(2)18-8)19-10-4-5-13(20-3)11(16)7-10/h4-7H,1-3H3,(H2,17,21)(H,18,19). The maximum absolute atomic E-state index is 13.7. The van der Waals surface area contributed by atoms with Crippen LogP contribution < -0.4 is 15.8 Å². The second-order valence-corrected chi connectivity index (χ2v) is 5.05. The zero-order chi connectivity index (χ0) is 15.6. The molecule has 1 aromatic carbocycles. The fraction of sp³-hybridized carbons (Fsp3) is 0.200. The van der Waals surface area contributed by atoms with Crippen molar-refractivity contribution < 1.29 is 9.13 Å². The maximum atomic E-state index is 13.7. The molecule has 0 unspecified atom stereocenters. The van der Waals surface area contributed by atoms with Crippen LogP contribution in [0.25, 0.3) is 0 Å². The van der Waals surface area contributed by atoms with Gasteiger partial charge in [0.15, 0.2) is 11.6 Å². The first-order valence-corrected chi connectivity index (χ1v) is 6.71. The topological polar surface area (TPSA) is 60.2 Å². The van der Waals surface area contributed by atoms with Crippen molar-refractivity contribution in [2.75, 3.05) is 12.4 Å². The van der Waals surface area contributed by atoms with Crippen LogP contribution in [0, 0.1) is 19.7 Å². The summed E-state index contributed by atoms with van der Waals surface area (Å²) in [5.41, 5.74) is 9.25. The summed E-state index contributed by atoms with van der Waals surface area (Å²) in [6, 6.07) is 6.45. The molecule has 0 saturated heterocycles. The fourth-order valence-corrected chi connectivity index (χ4v) is 2.40. The molecule has 6 heteroatoms. The largest absolute Gasteiger partial charge is 0.494 e. The van der Waals surface area contributed by atoms with Crippen LogP contribution >= 0.6 is 12.2 Å². The summed E-state index contributed by atoms with van der Waals surface area (Å²) < 4.78 is 18.6. The molecule has 3 N–H and O–H groups in total. The number of anilines is 2. The number of aryl methyl sites for hydroxylation is 2. The number of nitrogens with zero attached hydrogens (tertiary/aromatic N) is 1. The third kappa shape index (κ3) is 3.28. The second kappa shape index (κ2) is 6.05. The van der Waals surface area contributed by atoms with Crippen molar-refractivity contribution in [3.63, 3.8) is 0 Å². The van der Waals surface area contributed by atoms with Gasteiger partial charge in [0.1, 0.15) is 4.99 Å². The highest BCUT2D eigenvalue weighted by atomic mass is 32.1. The number of benzene rings is 1. The normalized spacial score (nSPS) is 10.3. The van der Waals surface area contributed by atoms with Crippen molar-refractivity contribution in [1.29, 1.82) is 0 Å². The van der Waals surface area contributed by atoms with E-state index in [-0.39, 0.29) is 10.7 Å². The predicted octanol–water partition coefficient (Wildman–Crippen LogP) is 3.22. The van der Waals surface area contributed by atoms with Crippen molar-refractivity contribution in [3.05, 3.63) is 47.0 Å². The minimum absolute atomic E-state index is 0.192. The molecule has 0 bridgehead atoms. The lowest BCUT2D eigenvalue weighted by Gasteiger charge is -2.14. The van der Waals surface area contributed by atoms with Gasteiger partial charge in [0, 0.05) is 23.1 Å². The van der Waals surface area contributed by atoms with E-state index in [1.54, 1.807) is 12.1 Å². The van der Waals surface area contributed by atoms with Gasteiger partial charge in [0.25, 0.3) is 0 Å². The van der Waals surface area contributed by atoms with Crippen molar-refractivity contribution >= 4 is 28.6 Å². The molecule has 2 aromatic rings. The highest BCUT2D eigenvalue weighted by Gasteiger charge is 2.12. The number of thiocarbonyl (C=S) groups is 1. The first-order chi connectivity index (χ1) is 9.92. The van der Waals surface area contributed by atoms with Crippen LogP contribution in [-0.2, 0) is 0 Å². The van der Waals surface area contributed by atoms with Crippen LogP contribution in [0.4, 0.5) is 15.8 Å². The van der Waals surface area contributed by atoms with Crippen molar-refractivity contribution in [2.45, 2.75) is 13.8 Å². The summed E-state index contributed by atoms with van der Waals surface area (Å²) in [6.45, 7) is 3.71. The summed E-state index contributed by atoms with van der Waals surface area (Å²) in [5, 5.41) is 3.12. The van der Waals surface area contributed by atoms with Crippen molar-refractivity contribution in [2.24, 2.45) is 5.73 Å². The van der Waals surface area contributed by atoms with E-state index in [9.17, 15) is 4.39 Å². The molecule has 0 aliphatic carbocycles. The maximum Gasteiger partial charge on any atom is 0.167 e. The first kappa shape index (κ1) is 15.2. The average Bonchev–Trinajstić information content (AvgIpc) is 2.37. The minimum Gasteiger partial charge on any atom is -0.494 e. The number of aromatic nitrogens is 1. The van der Waals surface area contributed by atoms with E-state index in [0.717, 1.165) is 11.4 Å². The van der Waals surface area contributed by atoms with Gasteiger partial charge in [-0.15, -0.1) is 0 Å². The van der Waals surface area contributed by atoms with Crippen LogP contribution in [0.3, 0.4) is 0 Å². The Hall–Kier alpha value is -2.21. The molecule has 0 saturated carbocycles. The average molecular weight is 305 g/mol. The molecule has 2 rings (SSSR count). The van der Waals surface area contributed by atoms with Crippen LogP contribution in [0.15, 0.2) is 24.3 Å². The number of halogens is 1. The highest BCUT2D eigenvalue weighted by molar-refractivity contribution is 7.80. The van der Waals surface area contributed by atoms with E-state index >= 15 is 0 Å². The van der Waals surface area contributed by atoms with Crippen molar-refractivity contribution in [1.82, 2.24) is 4.98 Å². The van der Waals surface area contributed by atoms with E-state index in [0.29, 0.717) is 16.9 Å². The van der Waals surface area contributed by atoms with Gasteiger partial charge in [-0.3, -0.25) is 4.98 Å².